The predicted octanol–water partition coefficient (Wildman–Crippen LogP) is 4.79. The van der Waals surface area contributed by atoms with Crippen molar-refractivity contribution in [1.82, 2.24) is 30.8 Å². The number of aromatic amines is 1. The summed E-state index contributed by atoms with van der Waals surface area (Å²) >= 11 is 0. The van der Waals surface area contributed by atoms with E-state index in [9.17, 15) is 13.8 Å². The molecule has 3 aromatic heterocycles. The number of pyridine rings is 2. The summed E-state index contributed by atoms with van der Waals surface area (Å²) < 4.78 is 24.8. The van der Waals surface area contributed by atoms with Gasteiger partial charge in [0.1, 0.15) is 35.3 Å². The van der Waals surface area contributed by atoms with E-state index in [1.807, 2.05) is 55.5 Å². The van der Waals surface area contributed by atoms with Crippen LogP contribution in [-0.2, 0) is 35.3 Å². The zero-order valence-corrected chi connectivity index (χ0v) is 31.4. The monoisotopic (exact) mass is 758 g/mol. The number of piperidine rings is 2. The summed E-state index contributed by atoms with van der Waals surface area (Å²) in [5, 5.41) is 14.3. The number of ether oxygens (including phenoxy) is 2. The maximum absolute atomic E-state index is 13.4. The molecule has 0 bridgehead atoms. The highest BCUT2D eigenvalue weighted by Crippen LogP contribution is 2.36. The van der Waals surface area contributed by atoms with Gasteiger partial charge in [-0.3, -0.25) is 18.9 Å². The number of hydrogen-bond acceptors (Lipinski definition) is 10. The van der Waals surface area contributed by atoms with Crippen LogP contribution in [0.25, 0.3) is 10.9 Å². The smallest absolute Gasteiger partial charge is 0.253 e. The first-order chi connectivity index (χ1) is 26.8. The number of fused-ring (bicyclic) bond motifs is 4. The molecule has 5 aliphatic rings. The molecule has 0 radical (unpaired) electrons. The average molecular weight is 759 g/mol. The summed E-state index contributed by atoms with van der Waals surface area (Å²) in [4.78, 5) is 41.0. The van der Waals surface area contributed by atoms with Crippen LogP contribution < -0.4 is 29.9 Å². The number of carbonyl (C=O) groups excluding carboxylic acids is 2. The summed E-state index contributed by atoms with van der Waals surface area (Å²) in [6.07, 6.45) is 5.74. The minimum atomic E-state index is -0.825. The van der Waals surface area contributed by atoms with Gasteiger partial charge in [0.15, 0.2) is 0 Å². The third-order valence-electron chi connectivity index (χ3n) is 11.6. The van der Waals surface area contributed by atoms with Crippen molar-refractivity contribution < 1.29 is 23.3 Å². The number of nitrogens with one attached hydrogen (secondary N) is 3. The molecule has 10 rings (SSSR count). The quantitative estimate of drug-likeness (QED) is 0.201. The molecule has 2 saturated heterocycles. The fourth-order valence-electron chi connectivity index (χ4n) is 8.75. The van der Waals surface area contributed by atoms with Crippen LogP contribution in [0, 0.1) is 6.92 Å². The number of aromatic nitrogens is 4. The molecule has 2 amide bonds. The summed E-state index contributed by atoms with van der Waals surface area (Å²) in [6, 6.07) is 15.7. The van der Waals surface area contributed by atoms with Crippen molar-refractivity contribution >= 4 is 45.2 Å². The van der Waals surface area contributed by atoms with Gasteiger partial charge < -0.3 is 29.9 Å². The van der Waals surface area contributed by atoms with E-state index in [2.05, 4.69) is 30.6 Å². The number of benzene rings is 2. The van der Waals surface area contributed by atoms with E-state index in [4.69, 9.17) is 19.4 Å². The van der Waals surface area contributed by atoms with E-state index < -0.39 is 10.8 Å². The molecule has 2 unspecified atom stereocenters. The zero-order valence-electron chi connectivity index (χ0n) is 30.6. The van der Waals surface area contributed by atoms with Gasteiger partial charge in [0.25, 0.3) is 11.8 Å². The van der Waals surface area contributed by atoms with Crippen molar-refractivity contribution in [1.29, 1.82) is 0 Å². The number of rotatable bonds is 8. The van der Waals surface area contributed by atoms with Gasteiger partial charge in [-0.15, -0.1) is 0 Å². The molecule has 0 aliphatic carbocycles. The fourth-order valence-corrected chi connectivity index (χ4v) is 10.1. The molecule has 0 spiro atoms. The van der Waals surface area contributed by atoms with Gasteiger partial charge in [-0.2, -0.15) is 5.10 Å². The van der Waals surface area contributed by atoms with Gasteiger partial charge in [0.05, 0.1) is 46.8 Å². The second-order valence-electron chi connectivity index (χ2n) is 15.3. The lowest BCUT2D eigenvalue weighted by Crippen LogP contribution is -2.39. The van der Waals surface area contributed by atoms with Crippen molar-refractivity contribution in [3.05, 3.63) is 99.5 Å². The lowest BCUT2D eigenvalue weighted by Gasteiger charge is -2.35. The SMILES string of the molecule is Cc1cc2c(nc1N1CCC(Oc3ccc4[nH]ncc4c3)CC1)C(Cc1cc3c(nc1N1CCC(Oc4ccc5c(c4)CS(=O)C5)CC1)CNC3=O)NC2=O. The number of amides is 2. The van der Waals surface area contributed by atoms with Crippen molar-refractivity contribution in [2.24, 2.45) is 0 Å². The molecule has 5 aliphatic heterocycles. The highest BCUT2D eigenvalue weighted by molar-refractivity contribution is 7.83. The minimum absolute atomic E-state index is 0.0531. The number of aryl methyl sites for hydroxylation is 1. The van der Waals surface area contributed by atoms with Crippen LogP contribution in [0.2, 0.25) is 0 Å². The molecular weight excluding hydrogens is 717 g/mol. The first-order valence-electron chi connectivity index (χ1n) is 19.2. The summed E-state index contributed by atoms with van der Waals surface area (Å²) in [7, 11) is -0.825. The maximum atomic E-state index is 13.4. The maximum Gasteiger partial charge on any atom is 0.253 e. The number of hydrogen-bond donors (Lipinski definition) is 3. The molecule has 3 N–H and O–H groups in total. The number of carbonyl (C=O) groups is 2. The average Bonchev–Trinajstić information content (AvgIpc) is 3.97. The second kappa shape index (κ2) is 13.7. The molecule has 55 heavy (non-hydrogen) atoms. The molecule has 5 aromatic rings. The Kier molecular flexibility index (Phi) is 8.45. The largest absolute Gasteiger partial charge is 0.490 e. The molecule has 8 heterocycles. The molecule has 13 nitrogen and oxygen atoms in total. The summed E-state index contributed by atoms with van der Waals surface area (Å²) in [5.74, 6) is 4.38. The normalized spacial score (nSPS) is 21.0. The van der Waals surface area contributed by atoms with Crippen molar-refractivity contribution in [3.8, 4) is 11.5 Å². The van der Waals surface area contributed by atoms with Gasteiger partial charge in [0, 0.05) is 86.0 Å². The predicted molar refractivity (Wildman–Crippen MR) is 208 cm³/mol. The topological polar surface area (TPSA) is 155 Å². The van der Waals surface area contributed by atoms with Gasteiger partial charge in [-0.05, 0) is 71.6 Å². The van der Waals surface area contributed by atoms with Crippen molar-refractivity contribution in [2.45, 2.75) is 75.3 Å². The number of H-pyrrole nitrogens is 1. The van der Waals surface area contributed by atoms with Crippen LogP contribution in [0.4, 0.5) is 11.6 Å². The second-order valence-corrected chi connectivity index (χ2v) is 16.8. The Morgan fingerprint density at radius 3 is 2.29 bits per heavy atom. The molecule has 2 fully saturated rings. The van der Waals surface area contributed by atoms with Gasteiger partial charge >= 0.3 is 0 Å². The van der Waals surface area contributed by atoms with E-state index >= 15 is 0 Å². The zero-order chi connectivity index (χ0) is 37.2. The van der Waals surface area contributed by atoms with Crippen LogP contribution in [0.3, 0.4) is 0 Å². The standard InChI is InChI=1S/C41H42N8O5S/c1-23-14-33-37(46-38(23)48-10-6-28(7-11-48)54-31-4-5-34-26(15-31)19-43-47-34)35(45-41(33)51)18-25-17-32-36(20-42-40(32)50)44-39(25)49-12-8-29(9-13-49)53-30-3-2-24-21-55(52)22-27(24)16-30/h2-5,14-17,19,28-29,35H,6-13,18,20-22H2,1H3,(H,42,50)(H,43,47)(H,45,51). The molecule has 2 aromatic carbocycles. The van der Waals surface area contributed by atoms with Crippen molar-refractivity contribution in [3.63, 3.8) is 0 Å². The minimum Gasteiger partial charge on any atom is -0.490 e. The van der Waals surface area contributed by atoms with Crippen molar-refractivity contribution in [2.75, 3.05) is 36.0 Å². The molecule has 282 valence electrons. The van der Waals surface area contributed by atoms with E-state index in [1.165, 1.54) is 0 Å². The highest BCUT2D eigenvalue weighted by atomic mass is 32.2. The van der Waals surface area contributed by atoms with E-state index in [0.29, 0.717) is 35.6 Å². The van der Waals surface area contributed by atoms with Gasteiger partial charge in [-0.1, -0.05) is 6.07 Å². The first kappa shape index (κ1) is 34.0. The van der Waals surface area contributed by atoms with E-state index in [-0.39, 0.29) is 30.1 Å². The number of anilines is 2. The Morgan fingerprint density at radius 2 is 1.51 bits per heavy atom. The van der Waals surface area contributed by atoms with E-state index in [0.717, 1.165) is 120 Å². The molecule has 2 atom stereocenters. The molecular formula is C41H42N8O5S. The third kappa shape index (κ3) is 6.45. The van der Waals surface area contributed by atoms with Gasteiger partial charge in [-0.25, -0.2) is 9.97 Å². The van der Waals surface area contributed by atoms with Crippen LogP contribution in [0.15, 0.2) is 54.7 Å². The van der Waals surface area contributed by atoms with Crippen LogP contribution >= 0.6 is 0 Å². The Balaban J connectivity index is 0.849. The van der Waals surface area contributed by atoms with Crippen LogP contribution in [0.5, 0.6) is 11.5 Å². The van der Waals surface area contributed by atoms with Gasteiger partial charge in [0.2, 0.25) is 0 Å². The van der Waals surface area contributed by atoms with E-state index in [1.54, 1.807) is 6.20 Å². The lowest BCUT2D eigenvalue weighted by molar-refractivity contribution is 0.0950. The van der Waals surface area contributed by atoms with Crippen LogP contribution in [0.1, 0.15) is 86.1 Å². The summed E-state index contributed by atoms with van der Waals surface area (Å²) in [5.41, 5.74) is 7.81. The van der Waals surface area contributed by atoms with Crippen LogP contribution in [-0.4, -0.2) is 74.6 Å². The Morgan fingerprint density at radius 1 is 0.800 bits per heavy atom. The highest BCUT2D eigenvalue weighted by Gasteiger charge is 2.36. The molecule has 14 heteroatoms. The summed E-state index contributed by atoms with van der Waals surface area (Å²) in [6.45, 7) is 5.49. The Bertz CT molecular complexity index is 2380. The number of nitrogens with zero attached hydrogens (tertiary/aromatic N) is 5. The first-order valence-corrected chi connectivity index (χ1v) is 20.7. The fraction of sp³-hybridized carbons (Fsp3) is 0.390. The Hall–Kier alpha value is -5.50. The lowest BCUT2D eigenvalue weighted by atomic mass is 9.98. The Labute approximate surface area is 320 Å². The third-order valence-corrected chi connectivity index (χ3v) is 12.9. The molecule has 0 saturated carbocycles.